The van der Waals surface area contributed by atoms with Gasteiger partial charge in [0.1, 0.15) is 0 Å². The van der Waals surface area contributed by atoms with Crippen molar-refractivity contribution in [1.82, 2.24) is 15.0 Å². The lowest BCUT2D eigenvalue weighted by molar-refractivity contribution is -0.138. The highest BCUT2D eigenvalue weighted by Gasteiger charge is 2.54. The number of hydrogen-bond donors (Lipinski definition) is 0. The molecule has 30 heavy (non-hydrogen) atoms. The van der Waals surface area contributed by atoms with Crippen LogP contribution in [0.2, 0.25) is 0 Å². The molecule has 156 valence electrons. The molecule has 1 aromatic carbocycles. The van der Waals surface area contributed by atoms with Crippen LogP contribution in [0, 0.1) is 24.7 Å². The fourth-order valence-corrected chi connectivity index (χ4v) is 6.18. The SMILES string of the molecule is CCN(Cc1ccccc1)C(=O)[C@H]1[C@H]2CC[C@H](C2)[C@@H]1c1nc(-c2ccc(C)s2)no1. The van der Waals surface area contributed by atoms with Gasteiger partial charge in [0, 0.05) is 18.0 Å². The minimum absolute atomic E-state index is 0.0448. The number of aryl methyl sites for hydroxylation is 1. The van der Waals surface area contributed by atoms with Crippen LogP contribution in [0.15, 0.2) is 47.0 Å². The number of amides is 1. The molecule has 0 N–H and O–H groups in total. The van der Waals surface area contributed by atoms with E-state index < -0.39 is 0 Å². The Morgan fingerprint density at radius 1 is 1.17 bits per heavy atom. The molecule has 2 saturated carbocycles. The summed E-state index contributed by atoms with van der Waals surface area (Å²) in [6, 6.07) is 14.3. The molecule has 6 heteroatoms. The van der Waals surface area contributed by atoms with Crippen LogP contribution in [-0.4, -0.2) is 27.5 Å². The number of carbonyl (C=O) groups excluding carboxylic acids is 1. The summed E-state index contributed by atoms with van der Waals surface area (Å²) in [6.07, 6.45) is 3.38. The van der Waals surface area contributed by atoms with Crippen molar-refractivity contribution in [3.63, 3.8) is 0 Å². The quantitative estimate of drug-likeness (QED) is 0.543. The molecule has 3 aromatic rings. The highest BCUT2D eigenvalue weighted by atomic mass is 32.1. The van der Waals surface area contributed by atoms with Gasteiger partial charge in [-0.15, -0.1) is 11.3 Å². The lowest BCUT2D eigenvalue weighted by atomic mass is 9.78. The van der Waals surface area contributed by atoms with Crippen LogP contribution in [0.5, 0.6) is 0 Å². The second-order valence-corrected chi connectivity index (χ2v) is 9.88. The van der Waals surface area contributed by atoms with Crippen molar-refractivity contribution >= 4 is 17.2 Å². The molecule has 5 rings (SSSR count). The Bertz CT molecular complexity index is 1030. The lowest BCUT2D eigenvalue weighted by Gasteiger charge is -2.32. The third-order valence-electron chi connectivity index (χ3n) is 6.80. The van der Waals surface area contributed by atoms with Gasteiger partial charge in [-0.05, 0) is 62.6 Å². The number of aromatic nitrogens is 2. The molecule has 1 amide bonds. The maximum absolute atomic E-state index is 13.7. The zero-order valence-corrected chi connectivity index (χ0v) is 18.3. The summed E-state index contributed by atoms with van der Waals surface area (Å²) in [5.41, 5.74) is 1.17. The second-order valence-electron chi connectivity index (χ2n) is 8.59. The van der Waals surface area contributed by atoms with Gasteiger partial charge in [0.15, 0.2) is 0 Å². The van der Waals surface area contributed by atoms with Crippen LogP contribution in [0.1, 0.15) is 48.4 Å². The fourth-order valence-electron chi connectivity index (χ4n) is 5.39. The molecule has 0 unspecified atom stereocenters. The van der Waals surface area contributed by atoms with E-state index in [4.69, 9.17) is 9.51 Å². The molecule has 2 aliphatic rings. The molecule has 2 fully saturated rings. The van der Waals surface area contributed by atoms with Crippen LogP contribution in [0.25, 0.3) is 10.7 Å². The molecule has 2 aromatic heterocycles. The molecular formula is C24H27N3O2S. The molecule has 0 radical (unpaired) electrons. The van der Waals surface area contributed by atoms with E-state index in [0.29, 0.717) is 36.6 Å². The molecule has 4 atom stereocenters. The Hall–Kier alpha value is -2.47. The van der Waals surface area contributed by atoms with E-state index in [2.05, 4.69) is 37.2 Å². The van der Waals surface area contributed by atoms with E-state index in [9.17, 15) is 4.79 Å². The van der Waals surface area contributed by atoms with Gasteiger partial charge in [-0.2, -0.15) is 4.98 Å². The van der Waals surface area contributed by atoms with Crippen LogP contribution in [0.3, 0.4) is 0 Å². The summed E-state index contributed by atoms with van der Waals surface area (Å²) in [5, 5.41) is 4.25. The first kappa shape index (κ1) is 19.5. The molecule has 2 aliphatic carbocycles. The number of nitrogens with zero attached hydrogens (tertiary/aromatic N) is 3. The van der Waals surface area contributed by atoms with E-state index in [1.165, 1.54) is 10.4 Å². The first-order chi connectivity index (χ1) is 14.6. The Morgan fingerprint density at radius 3 is 2.70 bits per heavy atom. The molecule has 0 spiro atoms. The third-order valence-corrected chi connectivity index (χ3v) is 7.80. The average molecular weight is 422 g/mol. The van der Waals surface area contributed by atoms with Crippen molar-refractivity contribution in [3.05, 3.63) is 58.8 Å². The number of benzene rings is 1. The minimum Gasteiger partial charge on any atom is -0.339 e. The highest BCUT2D eigenvalue weighted by Crippen LogP contribution is 2.57. The Balaban J connectivity index is 1.41. The van der Waals surface area contributed by atoms with Gasteiger partial charge in [-0.3, -0.25) is 4.79 Å². The predicted octanol–water partition coefficient (Wildman–Crippen LogP) is 5.28. The Morgan fingerprint density at radius 2 is 1.97 bits per heavy atom. The van der Waals surface area contributed by atoms with Crippen molar-refractivity contribution in [1.29, 1.82) is 0 Å². The van der Waals surface area contributed by atoms with Gasteiger partial charge in [0.2, 0.25) is 17.6 Å². The average Bonchev–Trinajstić information content (AvgIpc) is 3.55. The van der Waals surface area contributed by atoms with Gasteiger partial charge in [-0.1, -0.05) is 35.5 Å². The standard InChI is InChI=1S/C24H27N3O2S/c1-3-27(14-16-7-5-4-6-8-16)24(28)21-18-11-10-17(13-18)20(21)23-25-22(26-29-23)19-12-9-15(2)30-19/h4-9,12,17-18,20-21H,3,10-11,13-14H2,1-2H3/t17-,18+,20+,21+/m1/s1. The van der Waals surface area contributed by atoms with Crippen LogP contribution in [-0.2, 0) is 11.3 Å². The van der Waals surface area contributed by atoms with Gasteiger partial charge >= 0.3 is 0 Å². The summed E-state index contributed by atoms with van der Waals surface area (Å²) in [4.78, 5) is 22.7. The normalized spacial score (nSPS) is 25.0. The number of hydrogen-bond acceptors (Lipinski definition) is 5. The molecule has 0 saturated heterocycles. The second kappa shape index (κ2) is 7.99. The Labute approximate surface area is 181 Å². The number of fused-ring (bicyclic) bond motifs is 2. The van der Waals surface area contributed by atoms with Crippen molar-refractivity contribution in [2.75, 3.05) is 6.54 Å². The number of rotatable bonds is 6. The zero-order valence-electron chi connectivity index (χ0n) is 17.5. The molecule has 5 nitrogen and oxygen atoms in total. The maximum Gasteiger partial charge on any atom is 0.231 e. The van der Waals surface area contributed by atoms with Gasteiger partial charge in [-0.25, -0.2) is 0 Å². The van der Waals surface area contributed by atoms with Crippen molar-refractivity contribution in [2.45, 2.75) is 45.6 Å². The van der Waals surface area contributed by atoms with Gasteiger partial charge in [0.05, 0.1) is 16.7 Å². The summed E-state index contributed by atoms with van der Waals surface area (Å²) >= 11 is 1.67. The van der Waals surface area contributed by atoms with Crippen molar-refractivity contribution < 1.29 is 9.32 Å². The monoisotopic (exact) mass is 421 g/mol. The van der Waals surface area contributed by atoms with Gasteiger partial charge in [0.25, 0.3) is 0 Å². The van der Waals surface area contributed by atoms with Crippen molar-refractivity contribution in [3.8, 4) is 10.7 Å². The summed E-state index contributed by atoms with van der Waals surface area (Å²) in [7, 11) is 0. The summed E-state index contributed by atoms with van der Waals surface area (Å²) in [6.45, 7) is 5.50. The topological polar surface area (TPSA) is 59.2 Å². The molecule has 2 bridgehead atoms. The minimum atomic E-state index is -0.0502. The first-order valence-corrected chi connectivity index (χ1v) is 11.7. The van der Waals surface area contributed by atoms with Crippen LogP contribution < -0.4 is 0 Å². The van der Waals surface area contributed by atoms with E-state index >= 15 is 0 Å². The van der Waals surface area contributed by atoms with Gasteiger partial charge < -0.3 is 9.42 Å². The zero-order chi connectivity index (χ0) is 20.7. The highest BCUT2D eigenvalue weighted by molar-refractivity contribution is 7.15. The van der Waals surface area contributed by atoms with Crippen molar-refractivity contribution in [2.24, 2.45) is 17.8 Å². The van der Waals surface area contributed by atoms with Crippen LogP contribution in [0.4, 0.5) is 0 Å². The first-order valence-electron chi connectivity index (χ1n) is 10.9. The third kappa shape index (κ3) is 3.47. The predicted molar refractivity (Wildman–Crippen MR) is 117 cm³/mol. The largest absolute Gasteiger partial charge is 0.339 e. The number of thiophene rings is 1. The lowest BCUT2D eigenvalue weighted by Crippen LogP contribution is -2.40. The molecule has 0 aliphatic heterocycles. The summed E-state index contributed by atoms with van der Waals surface area (Å²) in [5.74, 6) is 2.43. The van der Waals surface area contributed by atoms with Crippen LogP contribution >= 0.6 is 11.3 Å². The maximum atomic E-state index is 13.7. The van der Waals surface area contributed by atoms with E-state index in [1.807, 2.05) is 29.2 Å². The van der Waals surface area contributed by atoms with E-state index in [0.717, 1.165) is 24.1 Å². The van der Waals surface area contributed by atoms with E-state index in [1.54, 1.807) is 11.3 Å². The van der Waals surface area contributed by atoms with E-state index in [-0.39, 0.29) is 17.7 Å². The Kier molecular flexibility index (Phi) is 5.19. The molecular weight excluding hydrogens is 394 g/mol. The smallest absolute Gasteiger partial charge is 0.231 e. The fraction of sp³-hybridized carbons (Fsp3) is 0.458. The number of carbonyl (C=O) groups is 1. The summed E-state index contributed by atoms with van der Waals surface area (Å²) < 4.78 is 5.75. The molecule has 2 heterocycles.